The highest BCUT2D eigenvalue weighted by Crippen LogP contribution is 2.39. The number of nitrogens with one attached hydrogen (secondary N) is 2. The molecule has 0 saturated heterocycles. The van der Waals surface area contributed by atoms with Gasteiger partial charge in [0.1, 0.15) is 11.7 Å². The van der Waals surface area contributed by atoms with Crippen molar-refractivity contribution in [2.75, 3.05) is 0 Å². The van der Waals surface area contributed by atoms with Crippen molar-refractivity contribution in [3.05, 3.63) is 29.2 Å². The fourth-order valence-corrected chi connectivity index (χ4v) is 2.04. The highest BCUT2D eigenvalue weighted by Gasteiger charge is 2.27. The van der Waals surface area contributed by atoms with E-state index < -0.39 is 0 Å². The number of H-pyrrole nitrogens is 1. The third kappa shape index (κ3) is 2.96. The lowest BCUT2D eigenvalue weighted by Gasteiger charge is -2.08. The molecule has 1 atom stereocenters. The van der Waals surface area contributed by atoms with Gasteiger partial charge in [0.15, 0.2) is 0 Å². The fourth-order valence-electron chi connectivity index (χ4n) is 2.04. The molecule has 2 aromatic rings. The average Bonchev–Trinajstić information content (AvgIpc) is 3.00. The van der Waals surface area contributed by atoms with E-state index in [0.29, 0.717) is 23.4 Å². The largest absolute Gasteiger partial charge is 0.423 e. The van der Waals surface area contributed by atoms with Crippen molar-refractivity contribution in [1.29, 1.82) is 0 Å². The minimum absolute atomic E-state index is 0.168. The van der Waals surface area contributed by atoms with Crippen LogP contribution in [-0.2, 0) is 0 Å². The van der Waals surface area contributed by atoms with E-state index in [1.54, 1.807) is 0 Å². The zero-order valence-corrected chi connectivity index (χ0v) is 12.4. The van der Waals surface area contributed by atoms with Gasteiger partial charge in [0.05, 0.1) is 0 Å². The van der Waals surface area contributed by atoms with E-state index in [9.17, 15) is 4.79 Å². The number of nitrogens with zero attached hydrogens (tertiary/aromatic N) is 3. The Morgan fingerprint density at radius 2 is 2.05 bits per heavy atom. The van der Waals surface area contributed by atoms with Crippen molar-refractivity contribution >= 4 is 5.91 Å². The molecule has 1 aliphatic carbocycles. The summed E-state index contributed by atoms with van der Waals surface area (Å²) in [5, 5.41) is 17.7. The second kappa shape index (κ2) is 5.31. The second-order valence-electron chi connectivity index (χ2n) is 5.81. The van der Waals surface area contributed by atoms with Gasteiger partial charge in [-0.2, -0.15) is 5.10 Å². The Bertz CT molecular complexity index is 641. The van der Waals surface area contributed by atoms with E-state index in [1.807, 2.05) is 26.8 Å². The van der Waals surface area contributed by atoms with Gasteiger partial charge < -0.3 is 9.73 Å². The molecule has 1 unspecified atom stereocenters. The first-order valence-electron chi connectivity index (χ1n) is 7.24. The zero-order valence-electron chi connectivity index (χ0n) is 12.4. The maximum Gasteiger partial charge on any atom is 0.272 e. The Morgan fingerprint density at radius 1 is 1.33 bits per heavy atom. The van der Waals surface area contributed by atoms with Crippen LogP contribution in [-0.4, -0.2) is 26.3 Å². The molecule has 1 amide bonds. The quantitative estimate of drug-likeness (QED) is 0.880. The third-order valence-corrected chi connectivity index (χ3v) is 3.52. The number of aromatic amines is 1. The van der Waals surface area contributed by atoms with Crippen molar-refractivity contribution in [3.63, 3.8) is 0 Å². The summed E-state index contributed by atoms with van der Waals surface area (Å²) in [4.78, 5) is 12.1. The van der Waals surface area contributed by atoms with Crippen molar-refractivity contribution in [3.8, 4) is 0 Å². The molecule has 2 heterocycles. The molecule has 3 rings (SSSR count). The van der Waals surface area contributed by atoms with Crippen molar-refractivity contribution in [2.24, 2.45) is 0 Å². The Kier molecular flexibility index (Phi) is 3.48. The number of hydrogen-bond donors (Lipinski definition) is 2. The lowest BCUT2D eigenvalue weighted by molar-refractivity contribution is 0.0928. The Labute approximate surface area is 122 Å². The molecule has 2 N–H and O–H groups in total. The number of carbonyl (C=O) groups is 1. The van der Waals surface area contributed by atoms with Crippen LogP contribution in [0, 0.1) is 0 Å². The van der Waals surface area contributed by atoms with Gasteiger partial charge >= 0.3 is 0 Å². The maximum absolute atomic E-state index is 12.1. The predicted molar refractivity (Wildman–Crippen MR) is 74.8 cm³/mol. The summed E-state index contributed by atoms with van der Waals surface area (Å²) in [5.74, 6) is 1.45. The summed E-state index contributed by atoms with van der Waals surface area (Å²) < 4.78 is 5.53. The van der Waals surface area contributed by atoms with E-state index in [4.69, 9.17) is 4.42 Å². The van der Waals surface area contributed by atoms with Crippen molar-refractivity contribution in [1.82, 2.24) is 25.7 Å². The second-order valence-corrected chi connectivity index (χ2v) is 5.81. The fraction of sp³-hybridized carbons (Fsp3) is 0.571. The minimum Gasteiger partial charge on any atom is -0.423 e. The van der Waals surface area contributed by atoms with Gasteiger partial charge in [-0.15, -0.1) is 10.2 Å². The van der Waals surface area contributed by atoms with Gasteiger partial charge in [0, 0.05) is 17.5 Å². The van der Waals surface area contributed by atoms with Gasteiger partial charge in [-0.05, 0) is 25.8 Å². The first-order valence-corrected chi connectivity index (χ1v) is 7.24. The molecule has 0 bridgehead atoms. The molecular weight excluding hydrogens is 270 g/mol. The van der Waals surface area contributed by atoms with E-state index in [1.165, 1.54) is 12.8 Å². The molecule has 21 heavy (non-hydrogen) atoms. The molecule has 1 saturated carbocycles. The van der Waals surface area contributed by atoms with Gasteiger partial charge in [0.2, 0.25) is 11.8 Å². The highest BCUT2D eigenvalue weighted by atomic mass is 16.4. The average molecular weight is 289 g/mol. The van der Waals surface area contributed by atoms with E-state index in [2.05, 4.69) is 25.7 Å². The molecule has 0 aliphatic heterocycles. The van der Waals surface area contributed by atoms with Crippen LogP contribution in [0.5, 0.6) is 0 Å². The molecule has 0 spiro atoms. The molecule has 1 aliphatic rings. The van der Waals surface area contributed by atoms with E-state index in [0.717, 1.165) is 5.69 Å². The molecule has 0 radical (unpaired) electrons. The molecular formula is C14H19N5O2. The Morgan fingerprint density at radius 3 is 2.67 bits per heavy atom. The van der Waals surface area contributed by atoms with Gasteiger partial charge in [-0.3, -0.25) is 9.89 Å². The van der Waals surface area contributed by atoms with Crippen LogP contribution < -0.4 is 5.32 Å². The first kappa shape index (κ1) is 13.8. The van der Waals surface area contributed by atoms with E-state index >= 15 is 0 Å². The molecule has 1 fully saturated rings. The van der Waals surface area contributed by atoms with Crippen molar-refractivity contribution in [2.45, 2.75) is 51.5 Å². The van der Waals surface area contributed by atoms with Crippen LogP contribution in [0.15, 0.2) is 10.5 Å². The topological polar surface area (TPSA) is 96.7 Å². The normalized spacial score (nSPS) is 16.2. The van der Waals surface area contributed by atoms with Crippen LogP contribution in [0.1, 0.15) is 79.5 Å². The molecule has 2 aromatic heterocycles. The SMILES string of the molecule is CC(C)c1nnc(C(C)NC(=O)c2cc(C3CC3)[nH]n2)o1. The van der Waals surface area contributed by atoms with Gasteiger partial charge in [-0.25, -0.2) is 0 Å². The summed E-state index contributed by atoms with van der Waals surface area (Å²) in [6.07, 6.45) is 2.33. The maximum atomic E-state index is 12.1. The van der Waals surface area contributed by atoms with Crippen LogP contribution >= 0.6 is 0 Å². The van der Waals surface area contributed by atoms with Crippen LogP contribution in [0.2, 0.25) is 0 Å². The summed E-state index contributed by atoms with van der Waals surface area (Å²) in [6, 6.07) is 1.46. The highest BCUT2D eigenvalue weighted by molar-refractivity contribution is 5.92. The predicted octanol–water partition coefficient (Wildman–Crippen LogP) is 2.28. The molecule has 0 aromatic carbocycles. The summed E-state index contributed by atoms with van der Waals surface area (Å²) in [5.41, 5.74) is 1.43. The standard InChI is InChI=1S/C14H19N5O2/c1-7(2)13-18-19-14(21-13)8(3)15-12(20)11-6-10(16-17-11)9-4-5-9/h6-9H,4-5H2,1-3H3,(H,15,20)(H,16,17). The summed E-state index contributed by atoms with van der Waals surface area (Å²) in [6.45, 7) is 5.76. The van der Waals surface area contributed by atoms with Crippen LogP contribution in [0.3, 0.4) is 0 Å². The number of carbonyl (C=O) groups excluding carboxylic acids is 1. The van der Waals surface area contributed by atoms with E-state index in [-0.39, 0.29) is 17.9 Å². The lowest BCUT2D eigenvalue weighted by Crippen LogP contribution is -2.27. The Hall–Kier alpha value is -2.18. The van der Waals surface area contributed by atoms with Crippen molar-refractivity contribution < 1.29 is 9.21 Å². The molecule has 112 valence electrons. The Balaban J connectivity index is 1.64. The molecule has 7 nitrogen and oxygen atoms in total. The summed E-state index contributed by atoms with van der Waals surface area (Å²) in [7, 11) is 0. The van der Waals surface area contributed by atoms with Crippen LogP contribution in [0.25, 0.3) is 0 Å². The minimum atomic E-state index is -0.349. The number of aromatic nitrogens is 4. The van der Waals surface area contributed by atoms with Crippen LogP contribution in [0.4, 0.5) is 0 Å². The third-order valence-electron chi connectivity index (χ3n) is 3.52. The number of hydrogen-bond acceptors (Lipinski definition) is 5. The first-order chi connectivity index (χ1) is 10.0. The summed E-state index contributed by atoms with van der Waals surface area (Å²) >= 11 is 0. The number of rotatable bonds is 5. The lowest BCUT2D eigenvalue weighted by atomic mass is 10.2. The van der Waals surface area contributed by atoms with Gasteiger partial charge in [-0.1, -0.05) is 13.8 Å². The molecule has 7 heteroatoms. The zero-order chi connectivity index (χ0) is 15.0. The smallest absolute Gasteiger partial charge is 0.272 e. The van der Waals surface area contributed by atoms with Gasteiger partial charge in [0.25, 0.3) is 5.91 Å². The monoisotopic (exact) mass is 289 g/mol. The number of amides is 1.